The number of aliphatic hydroxyl groups excluding tert-OH is 1. The number of nitrogens with zero attached hydrogens (tertiary/aromatic N) is 1. The molecule has 0 aliphatic heterocycles. The summed E-state index contributed by atoms with van der Waals surface area (Å²) < 4.78 is 5.24. The summed E-state index contributed by atoms with van der Waals surface area (Å²) in [5, 5.41) is 8.85. The van der Waals surface area contributed by atoms with E-state index in [4.69, 9.17) is 9.84 Å². The molecule has 64 valence electrons. The number of rotatable bonds is 4. The zero-order valence-corrected chi connectivity index (χ0v) is 6.73. The first-order chi connectivity index (χ1) is 5.88. The smallest absolute Gasteiger partial charge is 0.143 e. The summed E-state index contributed by atoms with van der Waals surface area (Å²) in [6, 6.07) is 3.53. The van der Waals surface area contributed by atoms with Crippen LogP contribution in [-0.4, -0.2) is 16.7 Å². The van der Waals surface area contributed by atoms with Gasteiger partial charge in [-0.05, 0) is 12.1 Å². The molecule has 12 heavy (non-hydrogen) atoms. The van der Waals surface area contributed by atoms with Crippen LogP contribution in [0.2, 0.25) is 0 Å². The molecule has 0 unspecified atom stereocenters. The topological polar surface area (TPSA) is 42.4 Å². The number of hydrogen-bond donors (Lipinski definition) is 1. The third kappa shape index (κ3) is 2.07. The lowest BCUT2D eigenvalue weighted by Gasteiger charge is -2.05. The molecule has 0 spiro atoms. The number of pyridine rings is 1. The Morgan fingerprint density at radius 2 is 2.50 bits per heavy atom. The molecule has 3 nitrogen and oxygen atoms in total. The average molecular weight is 165 g/mol. The fourth-order valence-corrected chi connectivity index (χ4v) is 0.822. The second-order valence-electron chi connectivity index (χ2n) is 2.21. The molecule has 1 N–H and O–H groups in total. The van der Waals surface area contributed by atoms with E-state index < -0.39 is 0 Å². The van der Waals surface area contributed by atoms with Gasteiger partial charge >= 0.3 is 0 Å². The van der Waals surface area contributed by atoms with E-state index in [9.17, 15) is 0 Å². The van der Waals surface area contributed by atoms with E-state index >= 15 is 0 Å². The van der Waals surface area contributed by atoms with Gasteiger partial charge in [0.1, 0.15) is 18.1 Å². The van der Waals surface area contributed by atoms with Gasteiger partial charge in [0.15, 0.2) is 0 Å². The highest BCUT2D eigenvalue weighted by Gasteiger charge is 2.00. The molecule has 0 saturated heterocycles. The summed E-state index contributed by atoms with van der Waals surface area (Å²) in [7, 11) is 0. The Morgan fingerprint density at radius 1 is 1.67 bits per heavy atom. The second kappa shape index (κ2) is 4.51. The highest BCUT2D eigenvalue weighted by Crippen LogP contribution is 2.14. The standard InChI is InChI=1S/C9H11NO2/c1-2-6-12-9-4-3-5-10-8(9)7-11/h2-5,11H,1,6-7H2. The molecule has 0 aliphatic rings. The van der Waals surface area contributed by atoms with Crippen molar-refractivity contribution in [3.05, 3.63) is 36.7 Å². The fraction of sp³-hybridized carbons (Fsp3) is 0.222. The first-order valence-corrected chi connectivity index (χ1v) is 3.67. The second-order valence-corrected chi connectivity index (χ2v) is 2.21. The van der Waals surface area contributed by atoms with Gasteiger partial charge in [0.25, 0.3) is 0 Å². The lowest BCUT2D eigenvalue weighted by atomic mass is 10.3. The van der Waals surface area contributed by atoms with Gasteiger partial charge in [0, 0.05) is 6.20 Å². The minimum atomic E-state index is -0.104. The Balaban J connectivity index is 2.74. The maximum Gasteiger partial charge on any atom is 0.143 e. The van der Waals surface area contributed by atoms with Crippen molar-refractivity contribution in [2.24, 2.45) is 0 Å². The van der Waals surface area contributed by atoms with Gasteiger partial charge in [-0.25, -0.2) is 0 Å². The van der Waals surface area contributed by atoms with E-state index in [0.29, 0.717) is 18.1 Å². The van der Waals surface area contributed by atoms with E-state index in [0.717, 1.165) is 0 Å². The minimum absolute atomic E-state index is 0.104. The third-order valence-electron chi connectivity index (χ3n) is 1.35. The Kier molecular flexibility index (Phi) is 3.29. The summed E-state index contributed by atoms with van der Waals surface area (Å²) in [5.74, 6) is 0.611. The first-order valence-electron chi connectivity index (χ1n) is 3.67. The summed E-state index contributed by atoms with van der Waals surface area (Å²) >= 11 is 0. The van der Waals surface area contributed by atoms with E-state index in [1.807, 2.05) is 0 Å². The zero-order chi connectivity index (χ0) is 8.81. The van der Waals surface area contributed by atoms with Crippen molar-refractivity contribution in [2.45, 2.75) is 6.61 Å². The monoisotopic (exact) mass is 165 g/mol. The largest absolute Gasteiger partial charge is 0.488 e. The van der Waals surface area contributed by atoms with Gasteiger partial charge in [-0.1, -0.05) is 12.7 Å². The van der Waals surface area contributed by atoms with Crippen molar-refractivity contribution in [1.29, 1.82) is 0 Å². The van der Waals surface area contributed by atoms with Gasteiger partial charge < -0.3 is 9.84 Å². The normalized spacial score (nSPS) is 9.42. The molecular formula is C9H11NO2. The van der Waals surface area contributed by atoms with Gasteiger partial charge in [0.2, 0.25) is 0 Å². The quantitative estimate of drug-likeness (QED) is 0.680. The molecule has 0 aromatic carbocycles. The van der Waals surface area contributed by atoms with Crippen LogP contribution in [0.15, 0.2) is 31.0 Å². The molecule has 1 aromatic heterocycles. The predicted octanol–water partition coefficient (Wildman–Crippen LogP) is 1.14. The van der Waals surface area contributed by atoms with Crippen LogP contribution < -0.4 is 4.74 Å². The molecule has 0 amide bonds. The summed E-state index contributed by atoms with van der Waals surface area (Å²) in [6.45, 7) is 3.85. The summed E-state index contributed by atoms with van der Waals surface area (Å²) in [6.07, 6.45) is 3.26. The number of aromatic nitrogens is 1. The van der Waals surface area contributed by atoms with Gasteiger partial charge in [0.05, 0.1) is 6.61 Å². The van der Waals surface area contributed by atoms with E-state index in [-0.39, 0.29) is 6.61 Å². The van der Waals surface area contributed by atoms with Crippen molar-refractivity contribution < 1.29 is 9.84 Å². The molecule has 0 aliphatic carbocycles. The first kappa shape index (κ1) is 8.74. The molecule has 0 radical (unpaired) electrons. The molecular weight excluding hydrogens is 154 g/mol. The molecule has 0 atom stereocenters. The SMILES string of the molecule is C=CCOc1cccnc1CO. The number of ether oxygens (including phenoxy) is 1. The molecule has 0 fully saturated rings. The third-order valence-corrected chi connectivity index (χ3v) is 1.35. The van der Waals surface area contributed by atoms with Crippen molar-refractivity contribution in [3.8, 4) is 5.75 Å². The zero-order valence-electron chi connectivity index (χ0n) is 6.73. The molecule has 3 heteroatoms. The van der Waals surface area contributed by atoms with Crippen LogP contribution in [0.5, 0.6) is 5.75 Å². The Hall–Kier alpha value is -1.35. The predicted molar refractivity (Wildman–Crippen MR) is 45.9 cm³/mol. The Bertz CT molecular complexity index is 260. The molecule has 1 rings (SSSR count). The van der Waals surface area contributed by atoms with Crippen LogP contribution in [0.1, 0.15) is 5.69 Å². The molecule has 0 bridgehead atoms. The van der Waals surface area contributed by atoms with Crippen LogP contribution in [0, 0.1) is 0 Å². The van der Waals surface area contributed by atoms with E-state index in [2.05, 4.69) is 11.6 Å². The minimum Gasteiger partial charge on any atom is -0.488 e. The maximum atomic E-state index is 8.85. The van der Waals surface area contributed by atoms with Crippen molar-refractivity contribution in [1.82, 2.24) is 4.98 Å². The lowest BCUT2D eigenvalue weighted by molar-refractivity contribution is 0.264. The Morgan fingerprint density at radius 3 is 3.17 bits per heavy atom. The van der Waals surface area contributed by atoms with Crippen molar-refractivity contribution >= 4 is 0 Å². The van der Waals surface area contributed by atoms with Gasteiger partial charge in [-0.15, -0.1) is 0 Å². The van der Waals surface area contributed by atoms with E-state index in [1.165, 1.54) is 0 Å². The highest BCUT2D eigenvalue weighted by molar-refractivity contribution is 5.26. The number of aliphatic hydroxyl groups is 1. The van der Waals surface area contributed by atoms with Crippen LogP contribution >= 0.6 is 0 Å². The van der Waals surface area contributed by atoms with Crippen molar-refractivity contribution in [2.75, 3.05) is 6.61 Å². The Labute approximate surface area is 71.3 Å². The van der Waals surface area contributed by atoms with Gasteiger partial charge in [-0.3, -0.25) is 4.98 Å². The van der Waals surface area contributed by atoms with E-state index in [1.54, 1.807) is 24.4 Å². The number of hydrogen-bond acceptors (Lipinski definition) is 3. The van der Waals surface area contributed by atoms with Crippen LogP contribution in [0.25, 0.3) is 0 Å². The van der Waals surface area contributed by atoms with Crippen molar-refractivity contribution in [3.63, 3.8) is 0 Å². The molecule has 1 heterocycles. The van der Waals surface area contributed by atoms with Gasteiger partial charge in [-0.2, -0.15) is 0 Å². The lowest BCUT2D eigenvalue weighted by Crippen LogP contribution is -1.98. The van der Waals surface area contributed by atoms with Crippen LogP contribution in [0.4, 0.5) is 0 Å². The fourth-order valence-electron chi connectivity index (χ4n) is 0.822. The summed E-state index contributed by atoms with van der Waals surface area (Å²) in [4.78, 5) is 3.94. The summed E-state index contributed by atoms with van der Waals surface area (Å²) in [5.41, 5.74) is 0.555. The average Bonchev–Trinajstić information content (AvgIpc) is 2.15. The molecule has 0 saturated carbocycles. The molecule has 1 aromatic rings. The maximum absolute atomic E-state index is 8.85. The van der Waals surface area contributed by atoms with Crippen LogP contribution in [-0.2, 0) is 6.61 Å². The van der Waals surface area contributed by atoms with Crippen LogP contribution in [0.3, 0.4) is 0 Å². The highest BCUT2D eigenvalue weighted by atomic mass is 16.5.